The normalized spacial score (nSPS) is 14.1. The Morgan fingerprint density at radius 3 is 2.27 bits per heavy atom. The average Bonchev–Trinajstić information content (AvgIpc) is 3.36. The molecule has 2 amide bonds. The van der Waals surface area contributed by atoms with Gasteiger partial charge in [0.2, 0.25) is 5.91 Å². The van der Waals surface area contributed by atoms with Crippen molar-refractivity contribution in [2.24, 2.45) is 0 Å². The van der Waals surface area contributed by atoms with Gasteiger partial charge in [-0.1, -0.05) is 73.4 Å². The molecule has 2 aromatic carbocycles. The van der Waals surface area contributed by atoms with E-state index in [0.717, 1.165) is 41.7 Å². The summed E-state index contributed by atoms with van der Waals surface area (Å²) in [6.45, 7) is 3.23. The molecule has 5 heteroatoms. The van der Waals surface area contributed by atoms with Crippen LogP contribution in [0, 0.1) is 6.92 Å². The number of nitrogens with zero attached hydrogens (tertiary/aromatic N) is 2. The van der Waals surface area contributed by atoms with E-state index in [2.05, 4.69) is 6.07 Å². The second-order valence-corrected chi connectivity index (χ2v) is 9.94. The van der Waals surface area contributed by atoms with Crippen LogP contribution in [0.3, 0.4) is 0 Å². The molecule has 0 radical (unpaired) electrons. The largest absolute Gasteiger partial charge is 0.332 e. The Morgan fingerprint density at radius 2 is 1.61 bits per heavy atom. The highest BCUT2D eigenvalue weighted by Gasteiger charge is 2.30. The predicted octanol–water partition coefficient (Wildman–Crippen LogP) is 6.06. The third-order valence-corrected chi connectivity index (χ3v) is 7.24. The topological polar surface area (TPSA) is 40.6 Å². The molecule has 0 atom stereocenters. The van der Waals surface area contributed by atoms with Gasteiger partial charge in [0.25, 0.3) is 5.91 Å². The van der Waals surface area contributed by atoms with Crippen molar-refractivity contribution in [2.75, 3.05) is 6.54 Å². The van der Waals surface area contributed by atoms with E-state index in [0.29, 0.717) is 18.7 Å². The molecule has 1 fully saturated rings. The van der Waals surface area contributed by atoms with E-state index in [4.69, 9.17) is 0 Å². The number of carbonyl (C=O) groups excluding carboxylic acids is 2. The maximum atomic E-state index is 13.7. The Labute approximate surface area is 200 Å². The first kappa shape index (κ1) is 23.2. The van der Waals surface area contributed by atoms with Crippen molar-refractivity contribution in [3.05, 3.63) is 93.7 Å². The highest BCUT2D eigenvalue weighted by molar-refractivity contribution is 7.09. The molecule has 1 aliphatic carbocycles. The van der Waals surface area contributed by atoms with Crippen LogP contribution < -0.4 is 0 Å². The molecule has 1 aromatic heterocycles. The maximum absolute atomic E-state index is 13.7. The summed E-state index contributed by atoms with van der Waals surface area (Å²) in [6, 6.07) is 22.0. The zero-order chi connectivity index (χ0) is 23.0. The first-order valence-electron chi connectivity index (χ1n) is 11.8. The summed E-state index contributed by atoms with van der Waals surface area (Å²) < 4.78 is 0. The van der Waals surface area contributed by atoms with Gasteiger partial charge in [-0.2, -0.15) is 0 Å². The minimum absolute atomic E-state index is 0.00158. The van der Waals surface area contributed by atoms with Crippen LogP contribution in [0.2, 0.25) is 0 Å². The van der Waals surface area contributed by atoms with Crippen LogP contribution >= 0.6 is 11.3 Å². The molecule has 4 nitrogen and oxygen atoms in total. The zero-order valence-corrected chi connectivity index (χ0v) is 20.1. The van der Waals surface area contributed by atoms with Crippen molar-refractivity contribution in [1.29, 1.82) is 0 Å². The molecule has 0 aliphatic heterocycles. The lowest BCUT2D eigenvalue weighted by molar-refractivity contribution is -0.133. The fourth-order valence-electron chi connectivity index (χ4n) is 4.49. The molecule has 0 bridgehead atoms. The zero-order valence-electron chi connectivity index (χ0n) is 19.3. The van der Waals surface area contributed by atoms with Gasteiger partial charge in [-0.15, -0.1) is 11.3 Å². The summed E-state index contributed by atoms with van der Waals surface area (Å²) in [7, 11) is 0. The molecule has 1 saturated carbocycles. The minimum Gasteiger partial charge on any atom is -0.332 e. The Kier molecular flexibility index (Phi) is 7.95. The van der Waals surface area contributed by atoms with E-state index in [-0.39, 0.29) is 24.4 Å². The predicted molar refractivity (Wildman–Crippen MR) is 134 cm³/mol. The van der Waals surface area contributed by atoms with Gasteiger partial charge < -0.3 is 9.80 Å². The molecule has 1 heterocycles. The van der Waals surface area contributed by atoms with Gasteiger partial charge in [-0.25, -0.2) is 0 Å². The van der Waals surface area contributed by atoms with Crippen molar-refractivity contribution in [3.8, 4) is 0 Å². The molecule has 4 rings (SSSR count). The third-order valence-electron chi connectivity index (χ3n) is 6.38. The molecule has 0 unspecified atom stereocenters. The number of hydrogen-bond donors (Lipinski definition) is 0. The molecule has 172 valence electrons. The van der Waals surface area contributed by atoms with Crippen LogP contribution in [0.5, 0.6) is 0 Å². The summed E-state index contributed by atoms with van der Waals surface area (Å²) in [5.74, 6) is -0.0377. The van der Waals surface area contributed by atoms with Gasteiger partial charge in [0.05, 0.1) is 6.54 Å². The van der Waals surface area contributed by atoms with E-state index in [1.54, 1.807) is 11.3 Å². The molecule has 0 N–H and O–H groups in total. The van der Waals surface area contributed by atoms with Crippen molar-refractivity contribution < 1.29 is 9.59 Å². The Morgan fingerprint density at radius 1 is 0.879 bits per heavy atom. The van der Waals surface area contributed by atoms with Gasteiger partial charge in [-0.05, 0) is 48.9 Å². The van der Waals surface area contributed by atoms with Crippen LogP contribution in [-0.2, 0) is 17.9 Å². The lowest BCUT2D eigenvalue weighted by Crippen LogP contribution is -2.48. The van der Waals surface area contributed by atoms with E-state index in [9.17, 15) is 9.59 Å². The Balaban J connectivity index is 1.56. The average molecular weight is 461 g/mol. The third kappa shape index (κ3) is 6.32. The van der Waals surface area contributed by atoms with E-state index in [1.807, 2.05) is 82.8 Å². The maximum Gasteiger partial charge on any atom is 0.254 e. The molecular weight excluding hydrogens is 428 g/mol. The van der Waals surface area contributed by atoms with Gasteiger partial charge >= 0.3 is 0 Å². The fourth-order valence-corrected chi connectivity index (χ4v) is 5.21. The standard InChI is InChI=1S/C28H32N2O2S/c1-22-14-16-24(17-15-22)28(32)30(25-11-6-3-7-12-25)21-27(31)29(20-26-13-8-18-33-26)19-23-9-4-2-5-10-23/h2,4-5,8-10,13-18,25H,3,6-7,11-12,19-21H2,1H3. The highest BCUT2D eigenvalue weighted by atomic mass is 32.1. The van der Waals surface area contributed by atoms with Crippen molar-refractivity contribution >= 4 is 23.2 Å². The van der Waals surface area contributed by atoms with Crippen LogP contribution in [0.25, 0.3) is 0 Å². The summed E-state index contributed by atoms with van der Waals surface area (Å²) in [4.78, 5) is 32.1. The second-order valence-electron chi connectivity index (χ2n) is 8.91. The number of aryl methyl sites for hydroxylation is 1. The number of carbonyl (C=O) groups is 2. The SMILES string of the molecule is Cc1ccc(C(=O)N(CC(=O)N(Cc2ccccc2)Cc2cccs2)C2CCCCC2)cc1. The molecule has 33 heavy (non-hydrogen) atoms. The molecule has 0 saturated heterocycles. The fraction of sp³-hybridized carbons (Fsp3) is 0.357. The Bertz CT molecular complexity index is 1030. The lowest BCUT2D eigenvalue weighted by Gasteiger charge is -2.35. The quantitative estimate of drug-likeness (QED) is 0.410. The highest BCUT2D eigenvalue weighted by Crippen LogP contribution is 2.25. The van der Waals surface area contributed by atoms with Gasteiger partial charge in [-0.3, -0.25) is 9.59 Å². The minimum atomic E-state index is -0.0361. The number of amides is 2. The first-order chi connectivity index (χ1) is 16.1. The van der Waals surface area contributed by atoms with Crippen LogP contribution in [0.15, 0.2) is 72.1 Å². The summed E-state index contributed by atoms with van der Waals surface area (Å²) in [6.07, 6.45) is 5.36. The van der Waals surface area contributed by atoms with Crippen LogP contribution in [0.1, 0.15) is 58.5 Å². The molecular formula is C28H32N2O2S. The van der Waals surface area contributed by atoms with E-state index in [1.165, 1.54) is 6.42 Å². The summed E-state index contributed by atoms with van der Waals surface area (Å²) in [5, 5.41) is 2.04. The summed E-state index contributed by atoms with van der Waals surface area (Å²) >= 11 is 1.66. The monoisotopic (exact) mass is 460 g/mol. The summed E-state index contributed by atoms with van der Waals surface area (Å²) in [5.41, 5.74) is 2.88. The second kappa shape index (κ2) is 11.3. The van der Waals surface area contributed by atoms with Crippen LogP contribution in [-0.4, -0.2) is 34.2 Å². The smallest absolute Gasteiger partial charge is 0.254 e. The van der Waals surface area contributed by atoms with Gasteiger partial charge in [0.15, 0.2) is 0 Å². The van der Waals surface area contributed by atoms with E-state index < -0.39 is 0 Å². The van der Waals surface area contributed by atoms with Crippen LogP contribution in [0.4, 0.5) is 0 Å². The molecule has 0 spiro atoms. The number of rotatable bonds is 8. The Hall–Kier alpha value is -2.92. The van der Waals surface area contributed by atoms with Crippen molar-refractivity contribution in [2.45, 2.75) is 58.2 Å². The number of benzene rings is 2. The van der Waals surface area contributed by atoms with Crippen molar-refractivity contribution in [1.82, 2.24) is 9.80 Å². The lowest BCUT2D eigenvalue weighted by atomic mass is 9.93. The van der Waals surface area contributed by atoms with Crippen molar-refractivity contribution in [3.63, 3.8) is 0 Å². The molecule has 3 aromatic rings. The molecule has 1 aliphatic rings. The number of hydrogen-bond acceptors (Lipinski definition) is 3. The van der Waals surface area contributed by atoms with Gasteiger partial charge in [0, 0.05) is 23.0 Å². The van der Waals surface area contributed by atoms with Gasteiger partial charge in [0.1, 0.15) is 6.54 Å². The van der Waals surface area contributed by atoms with E-state index >= 15 is 0 Å². The number of thiophene rings is 1. The first-order valence-corrected chi connectivity index (χ1v) is 12.7.